The third kappa shape index (κ3) is 13.2. The van der Waals surface area contributed by atoms with Crippen LogP contribution < -0.4 is 10.6 Å². The number of amides is 1. The summed E-state index contributed by atoms with van der Waals surface area (Å²) in [5, 5.41) is 6.26. The molecule has 0 aliphatic heterocycles. The van der Waals surface area contributed by atoms with Crippen LogP contribution in [0.15, 0.2) is 4.99 Å². The van der Waals surface area contributed by atoms with E-state index in [4.69, 9.17) is 0 Å². The van der Waals surface area contributed by atoms with Crippen molar-refractivity contribution in [2.75, 3.05) is 27.2 Å². The van der Waals surface area contributed by atoms with Crippen molar-refractivity contribution in [3.8, 4) is 0 Å². The molecule has 0 aliphatic rings. The number of nitrogens with one attached hydrogen (secondary N) is 2. The van der Waals surface area contributed by atoms with Crippen molar-refractivity contribution in [3.63, 3.8) is 0 Å². The second-order valence-electron chi connectivity index (χ2n) is 7.02. The molecule has 0 aromatic heterocycles. The molecule has 0 bridgehead atoms. The Labute approximate surface area is 153 Å². The van der Waals surface area contributed by atoms with Crippen LogP contribution in [0.4, 0.5) is 0 Å². The number of hydrogen-bond donors (Lipinski definition) is 2. The lowest BCUT2D eigenvalue weighted by molar-refractivity contribution is -0.122. The minimum Gasteiger partial charge on any atom is -0.356 e. The van der Waals surface area contributed by atoms with Gasteiger partial charge in [-0.3, -0.25) is 9.79 Å². The van der Waals surface area contributed by atoms with Crippen LogP contribution in [0.3, 0.4) is 0 Å². The van der Waals surface area contributed by atoms with Crippen molar-refractivity contribution in [3.05, 3.63) is 0 Å². The first-order chi connectivity index (χ1) is 9.65. The van der Waals surface area contributed by atoms with Crippen molar-refractivity contribution >= 4 is 35.8 Å². The van der Waals surface area contributed by atoms with Gasteiger partial charge in [-0.15, -0.1) is 24.0 Å². The summed E-state index contributed by atoms with van der Waals surface area (Å²) in [6.45, 7) is 11.6. The van der Waals surface area contributed by atoms with Gasteiger partial charge in [0.15, 0.2) is 5.96 Å². The number of likely N-dealkylation sites (N-methyl/N-ethyl adjacent to an activating group) is 1. The van der Waals surface area contributed by atoms with Crippen LogP contribution in [0.2, 0.25) is 0 Å². The number of halogens is 1. The van der Waals surface area contributed by atoms with Crippen molar-refractivity contribution in [1.29, 1.82) is 0 Å². The fourth-order valence-corrected chi connectivity index (χ4v) is 2.01. The molecule has 22 heavy (non-hydrogen) atoms. The normalized spacial score (nSPS) is 11.9. The van der Waals surface area contributed by atoms with E-state index >= 15 is 0 Å². The van der Waals surface area contributed by atoms with Gasteiger partial charge in [0.2, 0.25) is 5.91 Å². The molecule has 0 unspecified atom stereocenters. The second-order valence-corrected chi connectivity index (χ2v) is 7.02. The molecule has 5 nitrogen and oxygen atoms in total. The predicted molar refractivity (Wildman–Crippen MR) is 106 cm³/mol. The molecule has 0 aliphatic carbocycles. The number of aliphatic imine (C=N–C) groups is 1. The van der Waals surface area contributed by atoms with E-state index in [9.17, 15) is 4.79 Å². The van der Waals surface area contributed by atoms with E-state index in [1.807, 2.05) is 32.7 Å². The smallest absolute Gasteiger partial charge is 0.240 e. The Hall–Kier alpha value is -0.530. The highest BCUT2D eigenvalue weighted by atomic mass is 127. The Morgan fingerprint density at radius 3 is 2.27 bits per heavy atom. The number of unbranched alkanes of at least 4 members (excludes halogenated alkanes) is 1. The van der Waals surface area contributed by atoms with Gasteiger partial charge in [-0.05, 0) is 33.1 Å². The van der Waals surface area contributed by atoms with E-state index in [-0.39, 0.29) is 35.4 Å². The molecule has 0 saturated heterocycles. The van der Waals surface area contributed by atoms with E-state index in [1.54, 1.807) is 7.05 Å². The Morgan fingerprint density at radius 1 is 1.23 bits per heavy atom. The van der Waals surface area contributed by atoms with Crippen LogP contribution >= 0.6 is 24.0 Å². The van der Waals surface area contributed by atoms with Gasteiger partial charge in [0.1, 0.15) is 0 Å². The number of hydrogen-bond acceptors (Lipinski definition) is 2. The van der Waals surface area contributed by atoms with Crippen molar-refractivity contribution < 1.29 is 4.79 Å². The molecule has 6 heteroatoms. The lowest BCUT2D eigenvalue weighted by atomic mass is 10.1. The van der Waals surface area contributed by atoms with Crippen molar-refractivity contribution in [2.45, 2.75) is 59.4 Å². The maximum absolute atomic E-state index is 11.9. The summed E-state index contributed by atoms with van der Waals surface area (Å²) in [5.41, 5.74) is -0.203. The van der Waals surface area contributed by atoms with Gasteiger partial charge in [-0.1, -0.05) is 26.7 Å². The average Bonchev–Trinajstić information content (AvgIpc) is 2.30. The SMILES string of the molecule is CN=C(NCCCCC(C)C)N(C)CC(=O)NC(C)(C)C.I. The Kier molecular flexibility index (Phi) is 12.9. The molecule has 0 rings (SSSR count). The second kappa shape index (κ2) is 12.0. The summed E-state index contributed by atoms with van der Waals surface area (Å²) in [5.74, 6) is 1.53. The predicted octanol–water partition coefficient (Wildman–Crippen LogP) is 2.85. The highest BCUT2D eigenvalue weighted by Crippen LogP contribution is 2.05. The molecule has 0 aromatic carbocycles. The van der Waals surface area contributed by atoms with Crippen LogP contribution in [0.5, 0.6) is 0 Å². The molecule has 1 amide bonds. The zero-order valence-corrected chi connectivity index (χ0v) is 17.7. The Balaban J connectivity index is 0. The molecular weight excluding hydrogens is 391 g/mol. The van der Waals surface area contributed by atoms with Gasteiger partial charge in [0.25, 0.3) is 0 Å². The first-order valence-corrected chi connectivity index (χ1v) is 7.88. The third-order valence-corrected chi connectivity index (χ3v) is 2.96. The summed E-state index contributed by atoms with van der Waals surface area (Å²) in [4.78, 5) is 18.0. The molecule has 2 N–H and O–H groups in total. The zero-order valence-electron chi connectivity index (χ0n) is 15.3. The highest BCUT2D eigenvalue weighted by molar-refractivity contribution is 14.0. The largest absolute Gasteiger partial charge is 0.356 e. The highest BCUT2D eigenvalue weighted by Gasteiger charge is 2.16. The van der Waals surface area contributed by atoms with E-state index < -0.39 is 0 Å². The number of guanidine groups is 1. The molecule has 0 spiro atoms. The Bertz CT molecular complexity index is 338. The topological polar surface area (TPSA) is 56.7 Å². The van der Waals surface area contributed by atoms with E-state index in [0.29, 0.717) is 6.54 Å². The lowest BCUT2D eigenvalue weighted by Crippen LogP contribution is -2.48. The minimum absolute atomic E-state index is 0. The first-order valence-electron chi connectivity index (χ1n) is 7.88. The number of carbonyl (C=O) groups excluding carboxylic acids is 1. The third-order valence-electron chi connectivity index (χ3n) is 2.96. The van der Waals surface area contributed by atoms with E-state index in [2.05, 4.69) is 29.5 Å². The van der Waals surface area contributed by atoms with Crippen LogP contribution in [0.25, 0.3) is 0 Å². The molecule has 0 atom stereocenters. The molecule has 0 aromatic rings. The minimum atomic E-state index is -0.203. The van der Waals surface area contributed by atoms with Gasteiger partial charge >= 0.3 is 0 Å². The molecule has 0 radical (unpaired) electrons. The molecular formula is C16H35IN4O. The van der Waals surface area contributed by atoms with Gasteiger partial charge in [0, 0.05) is 26.2 Å². The zero-order chi connectivity index (χ0) is 16.5. The molecule has 0 saturated carbocycles. The van der Waals surface area contributed by atoms with Gasteiger partial charge in [0.05, 0.1) is 6.54 Å². The standard InChI is InChI=1S/C16H34N4O.HI/c1-13(2)10-8-9-11-18-15(17-6)20(7)12-14(21)19-16(3,4)5;/h13H,8-12H2,1-7H3,(H,17,18)(H,19,21);1H. The monoisotopic (exact) mass is 426 g/mol. The van der Waals surface area contributed by atoms with Gasteiger partial charge < -0.3 is 15.5 Å². The van der Waals surface area contributed by atoms with Gasteiger partial charge in [-0.2, -0.15) is 0 Å². The Morgan fingerprint density at radius 2 is 1.82 bits per heavy atom. The average molecular weight is 426 g/mol. The fraction of sp³-hybridized carbons (Fsp3) is 0.875. The van der Waals surface area contributed by atoms with Crippen molar-refractivity contribution in [2.24, 2.45) is 10.9 Å². The quantitative estimate of drug-likeness (QED) is 0.285. The summed E-state index contributed by atoms with van der Waals surface area (Å²) < 4.78 is 0. The van der Waals surface area contributed by atoms with Crippen LogP contribution in [0, 0.1) is 5.92 Å². The summed E-state index contributed by atoms with van der Waals surface area (Å²) in [6.07, 6.45) is 3.60. The number of rotatable bonds is 7. The van der Waals surface area contributed by atoms with Crippen LogP contribution in [-0.2, 0) is 4.79 Å². The molecule has 0 fully saturated rings. The number of carbonyl (C=O) groups is 1. The van der Waals surface area contributed by atoms with E-state index in [1.165, 1.54) is 12.8 Å². The van der Waals surface area contributed by atoms with Gasteiger partial charge in [-0.25, -0.2) is 0 Å². The summed E-state index contributed by atoms with van der Waals surface area (Å²) in [7, 11) is 3.63. The maximum atomic E-state index is 11.9. The fourth-order valence-electron chi connectivity index (χ4n) is 2.01. The maximum Gasteiger partial charge on any atom is 0.240 e. The summed E-state index contributed by atoms with van der Waals surface area (Å²) in [6, 6.07) is 0. The first kappa shape index (κ1) is 23.7. The molecule has 0 heterocycles. The van der Waals surface area contributed by atoms with E-state index in [0.717, 1.165) is 24.8 Å². The summed E-state index contributed by atoms with van der Waals surface area (Å²) >= 11 is 0. The lowest BCUT2D eigenvalue weighted by Gasteiger charge is -2.25. The number of nitrogens with zero attached hydrogens (tertiary/aromatic N) is 2. The van der Waals surface area contributed by atoms with Crippen molar-refractivity contribution in [1.82, 2.24) is 15.5 Å². The molecule has 132 valence electrons. The van der Waals surface area contributed by atoms with Crippen LogP contribution in [-0.4, -0.2) is 49.5 Å². The van der Waals surface area contributed by atoms with Crippen LogP contribution in [0.1, 0.15) is 53.9 Å².